The van der Waals surface area contributed by atoms with Crippen LogP contribution in [-0.2, 0) is 0 Å². The molecule has 2 unspecified atom stereocenters. The summed E-state index contributed by atoms with van der Waals surface area (Å²) in [4.78, 5) is 2.94. The van der Waals surface area contributed by atoms with Gasteiger partial charge in [0.05, 0.1) is 0 Å². The molecule has 0 radical (unpaired) electrons. The molecule has 0 amide bonds. The molecule has 2 aliphatic rings. The fraction of sp³-hybridized carbons (Fsp3) is 1.00. The van der Waals surface area contributed by atoms with E-state index in [-0.39, 0.29) is 0 Å². The summed E-state index contributed by atoms with van der Waals surface area (Å²) >= 11 is 0. The molecular formula is C19H38N2. The SMILES string of the molecule is CNC1CCCCCCC1N(CCC(C)C)C1CCCC1. The van der Waals surface area contributed by atoms with Crippen LogP contribution >= 0.6 is 0 Å². The highest BCUT2D eigenvalue weighted by Crippen LogP contribution is 2.30. The molecule has 2 fully saturated rings. The predicted molar refractivity (Wildman–Crippen MR) is 92.8 cm³/mol. The smallest absolute Gasteiger partial charge is 0.0252 e. The van der Waals surface area contributed by atoms with Crippen LogP contribution in [0.25, 0.3) is 0 Å². The Bertz CT molecular complexity index is 271. The molecule has 2 saturated carbocycles. The van der Waals surface area contributed by atoms with Gasteiger partial charge in [-0.3, -0.25) is 4.90 Å². The summed E-state index contributed by atoms with van der Waals surface area (Å²) in [6.45, 7) is 6.08. The van der Waals surface area contributed by atoms with E-state index in [1.54, 1.807) is 0 Å². The third-order valence-corrected chi connectivity index (χ3v) is 5.78. The fourth-order valence-electron chi connectivity index (χ4n) is 4.46. The first kappa shape index (κ1) is 17.3. The van der Waals surface area contributed by atoms with Crippen LogP contribution in [0.5, 0.6) is 0 Å². The van der Waals surface area contributed by atoms with Gasteiger partial charge in [0.25, 0.3) is 0 Å². The first-order valence-electron chi connectivity index (χ1n) is 9.65. The first-order valence-corrected chi connectivity index (χ1v) is 9.65. The lowest BCUT2D eigenvalue weighted by atomic mass is 9.89. The Morgan fingerprint density at radius 2 is 1.52 bits per heavy atom. The van der Waals surface area contributed by atoms with Crippen LogP contribution in [0.3, 0.4) is 0 Å². The normalized spacial score (nSPS) is 29.0. The minimum Gasteiger partial charge on any atom is -0.315 e. The monoisotopic (exact) mass is 294 g/mol. The minimum absolute atomic E-state index is 0.720. The average molecular weight is 295 g/mol. The van der Waals surface area contributed by atoms with Crippen LogP contribution in [0.2, 0.25) is 0 Å². The number of likely N-dealkylation sites (N-methyl/N-ethyl adjacent to an activating group) is 1. The predicted octanol–water partition coefficient (Wildman–Crippen LogP) is 4.59. The van der Waals surface area contributed by atoms with E-state index in [0.717, 1.165) is 24.0 Å². The van der Waals surface area contributed by atoms with Crippen molar-refractivity contribution >= 4 is 0 Å². The summed E-state index contributed by atoms with van der Waals surface area (Å²) in [5.74, 6) is 0.829. The third kappa shape index (κ3) is 5.25. The Balaban J connectivity index is 2.06. The zero-order chi connectivity index (χ0) is 15.1. The summed E-state index contributed by atoms with van der Waals surface area (Å²) in [5, 5.41) is 3.67. The molecule has 0 saturated heterocycles. The Hall–Kier alpha value is -0.0800. The van der Waals surface area contributed by atoms with E-state index in [0.29, 0.717) is 0 Å². The van der Waals surface area contributed by atoms with Gasteiger partial charge in [-0.05, 0) is 51.6 Å². The lowest BCUT2D eigenvalue weighted by Crippen LogP contribution is -2.53. The van der Waals surface area contributed by atoms with Crippen LogP contribution in [0.15, 0.2) is 0 Å². The highest BCUT2D eigenvalue weighted by atomic mass is 15.2. The maximum atomic E-state index is 3.67. The molecule has 124 valence electrons. The van der Waals surface area contributed by atoms with Crippen molar-refractivity contribution < 1.29 is 0 Å². The van der Waals surface area contributed by atoms with Crippen molar-refractivity contribution in [1.82, 2.24) is 10.2 Å². The lowest BCUT2D eigenvalue weighted by molar-refractivity contribution is 0.0858. The van der Waals surface area contributed by atoms with Gasteiger partial charge in [-0.2, -0.15) is 0 Å². The fourth-order valence-corrected chi connectivity index (χ4v) is 4.46. The van der Waals surface area contributed by atoms with Gasteiger partial charge in [0.1, 0.15) is 0 Å². The van der Waals surface area contributed by atoms with E-state index < -0.39 is 0 Å². The van der Waals surface area contributed by atoms with Crippen molar-refractivity contribution in [3.63, 3.8) is 0 Å². The molecule has 0 bridgehead atoms. The molecule has 2 atom stereocenters. The van der Waals surface area contributed by atoms with Crippen LogP contribution in [0, 0.1) is 5.92 Å². The molecule has 0 aromatic rings. The van der Waals surface area contributed by atoms with E-state index in [4.69, 9.17) is 0 Å². The zero-order valence-corrected chi connectivity index (χ0v) is 14.7. The Kier molecular flexibility index (Phi) is 7.53. The van der Waals surface area contributed by atoms with Crippen molar-refractivity contribution in [2.24, 2.45) is 5.92 Å². The molecule has 0 aromatic carbocycles. The quantitative estimate of drug-likeness (QED) is 0.771. The zero-order valence-electron chi connectivity index (χ0n) is 14.7. The first-order chi connectivity index (χ1) is 10.2. The van der Waals surface area contributed by atoms with E-state index in [1.165, 1.54) is 77.2 Å². The lowest BCUT2D eigenvalue weighted by Gasteiger charge is -2.42. The summed E-state index contributed by atoms with van der Waals surface area (Å²) in [6, 6.07) is 2.39. The third-order valence-electron chi connectivity index (χ3n) is 5.78. The van der Waals surface area contributed by atoms with Gasteiger partial charge in [0.2, 0.25) is 0 Å². The van der Waals surface area contributed by atoms with Gasteiger partial charge in [0.15, 0.2) is 0 Å². The van der Waals surface area contributed by atoms with Crippen LogP contribution < -0.4 is 5.32 Å². The summed E-state index contributed by atoms with van der Waals surface area (Å²) < 4.78 is 0. The van der Waals surface area contributed by atoms with Gasteiger partial charge in [-0.15, -0.1) is 0 Å². The minimum atomic E-state index is 0.720. The molecule has 2 nitrogen and oxygen atoms in total. The molecule has 0 heterocycles. The molecule has 0 aromatic heterocycles. The van der Waals surface area contributed by atoms with E-state index in [1.807, 2.05) is 0 Å². The molecule has 1 N–H and O–H groups in total. The van der Waals surface area contributed by atoms with Crippen molar-refractivity contribution in [3.8, 4) is 0 Å². The number of nitrogens with one attached hydrogen (secondary N) is 1. The van der Waals surface area contributed by atoms with Gasteiger partial charge in [0, 0.05) is 18.1 Å². The Morgan fingerprint density at radius 1 is 0.905 bits per heavy atom. The van der Waals surface area contributed by atoms with Gasteiger partial charge < -0.3 is 5.32 Å². The second-order valence-electron chi connectivity index (χ2n) is 7.81. The van der Waals surface area contributed by atoms with E-state index in [2.05, 4.69) is 31.1 Å². The van der Waals surface area contributed by atoms with Crippen molar-refractivity contribution in [3.05, 3.63) is 0 Å². The van der Waals surface area contributed by atoms with Crippen LogP contribution in [-0.4, -0.2) is 36.6 Å². The number of nitrogens with zero attached hydrogens (tertiary/aromatic N) is 1. The van der Waals surface area contributed by atoms with Gasteiger partial charge in [-0.25, -0.2) is 0 Å². The largest absolute Gasteiger partial charge is 0.315 e. The number of hydrogen-bond acceptors (Lipinski definition) is 2. The van der Waals surface area contributed by atoms with Gasteiger partial charge in [-0.1, -0.05) is 52.4 Å². The average Bonchev–Trinajstić information content (AvgIpc) is 2.95. The molecule has 2 heteroatoms. The number of rotatable bonds is 6. The van der Waals surface area contributed by atoms with Crippen molar-refractivity contribution in [2.45, 2.75) is 103 Å². The van der Waals surface area contributed by atoms with Crippen molar-refractivity contribution in [1.29, 1.82) is 0 Å². The standard InChI is InChI=1S/C19H38N2/c1-16(2)14-15-21(17-10-8-9-11-17)19-13-7-5-4-6-12-18(19)20-3/h16-20H,4-15H2,1-3H3. The number of hydrogen-bond donors (Lipinski definition) is 1. The van der Waals surface area contributed by atoms with Crippen molar-refractivity contribution in [2.75, 3.05) is 13.6 Å². The van der Waals surface area contributed by atoms with E-state index >= 15 is 0 Å². The van der Waals surface area contributed by atoms with E-state index in [9.17, 15) is 0 Å². The summed E-state index contributed by atoms with van der Waals surface area (Å²) in [5.41, 5.74) is 0. The second-order valence-corrected chi connectivity index (χ2v) is 7.81. The summed E-state index contributed by atoms with van der Waals surface area (Å²) in [7, 11) is 2.19. The molecule has 0 spiro atoms. The maximum absolute atomic E-state index is 3.67. The highest BCUT2D eigenvalue weighted by Gasteiger charge is 2.32. The van der Waals surface area contributed by atoms with Crippen LogP contribution in [0.4, 0.5) is 0 Å². The second kappa shape index (κ2) is 9.15. The molecule has 2 aliphatic carbocycles. The molecule has 2 rings (SSSR count). The summed E-state index contributed by atoms with van der Waals surface area (Å²) in [6.07, 6.45) is 15.7. The Morgan fingerprint density at radius 3 is 2.14 bits per heavy atom. The topological polar surface area (TPSA) is 15.3 Å². The Labute approximate surface area is 133 Å². The molecule has 21 heavy (non-hydrogen) atoms. The highest BCUT2D eigenvalue weighted by molar-refractivity contribution is 4.90. The molecule has 0 aliphatic heterocycles. The van der Waals surface area contributed by atoms with Gasteiger partial charge >= 0.3 is 0 Å². The maximum Gasteiger partial charge on any atom is 0.0252 e. The molecular weight excluding hydrogens is 256 g/mol. The van der Waals surface area contributed by atoms with Crippen LogP contribution in [0.1, 0.15) is 84.5 Å².